The van der Waals surface area contributed by atoms with Crippen LogP contribution in [-0.2, 0) is 0 Å². The molecule has 7 rings (SSSR count). The fourth-order valence-corrected chi connectivity index (χ4v) is 7.13. The van der Waals surface area contributed by atoms with Gasteiger partial charge in [0.1, 0.15) is 17.3 Å². The van der Waals surface area contributed by atoms with Crippen molar-refractivity contribution in [1.82, 2.24) is 19.3 Å². The molecule has 0 saturated carbocycles. The average molecular weight is 567 g/mol. The third-order valence-corrected chi connectivity index (χ3v) is 9.10. The lowest BCUT2D eigenvalue weighted by atomic mass is 9.75. The standard InChI is InChI=1S/C38H38N4O/c1-23-16-17-39-36(20-23)41-34-13-8-7-12-32(34)33-15-14-30(22-35(33)41)43-31-19-24(2)18-29(21-31)42-28(6)38(27(5)40-42)37-25(3)10-9-11-26(37)4/h7-8,10,12-22,26,37H,9,11H2,1-6H3/t26-,37+/m0/s1. The SMILES string of the molecule is CC1=CCC[C@H](C)[C@@H]1c1c(C)nn(-c2cc(C)cc(Oc3ccc4c5ccccc5n(-c5cc(C)ccn5)c4c3)c2)c1C. The first-order valence-corrected chi connectivity index (χ1v) is 15.3. The number of aryl methyl sites for hydroxylation is 3. The topological polar surface area (TPSA) is 44.9 Å². The largest absolute Gasteiger partial charge is 0.457 e. The minimum Gasteiger partial charge on any atom is -0.457 e. The second-order valence-corrected chi connectivity index (χ2v) is 12.3. The van der Waals surface area contributed by atoms with Gasteiger partial charge in [-0.05, 0) is 107 Å². The van der Waals surface area contributed by atoms with E-state index in [2.05, 4.69) is 124 Å². The Labute approximate surface area is 253 Å². The van der Waals surface area contributed by atoms with Gasteiger partial charge in [-0.25, -0.2) is 9.67 Å². The molecule has 0 aliphatic heterocycles. The zero-order valence-corrected chi connectivity index (χ0v) is 25.8. The van der Waals surface area contributed by atoms with Gasteiger partial charge in [0.15, 0.2) is 0 Å². The molecule has 43 heavy (non-hydrogen) atoms. The van der Waals surface area contributed by atoms with Crippen LogP contribution in [0.3, 0.4) is 0 Å². The summed E-state index contributed by atoms with van der Waals surface area (Å²) in [5.41, 5.74) is 10.7. The number of aromatic nitrogens is 4. The quantitative estimate of drug-likeness (QED) is 0.195. The van der Waals surface area contributed by atoms with Gasteiger partial charge in [-0.15, -0.1) is 0 Å². The average Bonchev–Trinajstić information content (AvgIpc) is 3.46. The molecule has 0 bridgehead atoms. The molecule has 3 aromatic heterocycles. The number of ether oxygens (including phenoxy) is 1. The molecule has 3 aromatic carbocycles. The van der Waals surface area contributed by atoms with Gasteiger partial charge in [-0.1, -0.05) is 36.8 Å². The minimum atomic E-state index is 0.421. The second-order valence-electron chi connectivity index (χ2n) is 12.3. The van der Waals surface area contributed by atoms with Crippen LogP contribution in [0.25, 0.3) is 33.3 Å². The number of nitrogens with zero attached hydrogens (tertiary/aromatic N) is 4. The van der Waals surface area contributed by atoms with Crippen LogP contribution < -0.4 is 4.74 Å². The lowest BCUT2D eigenvalue weighted by Gasteiger charge is -2.29. The van der Waals surface area contributed by atoms with Crippen molar-refractivity contribution in [1.29, 1.82) is 0 Å². The molecule has 0 amide bonds. The highest BCUT2D eigenvalue weighted by atomic mass is 16.5. The van der Waals surface area contributed by atoms with Crippen LogP contribution in [0.5, 0.6) is 11.5 Å². The van der Waals surface area contributed by atoms with Crippen molar-refractivity contribution in [3.8, 4) is 23.0 Å². The summed E-state index contributed by atoms with van der Waals surface area (Å²) in [6, 6.07) is 25.4. The van der Waals surface area contributed by atoms with E-state index in [4.69, 9.17) is 14.8 Å². The number of fused-ring (bicyclic) bond motifs is 3. The van der Waals surface area contributed by atoms with Gasteiger partial charge in [-0.3, -0.25) is 4.57 Å². The lowest BCUT2D eigenvalue weighted by molar-refractivity contribution is 0.447. The van der Waals surface area contributed by atoms with Gasteiger partial charge < -0.3 is 4.74 Å². The molecular formula is C38H38N4O. The van der Waals surface area contributed by atoms with Gasteiger partial charge in [0.05, 0.1) is 22.4 Å². The summed E-state index contributed by atoms with van der Waals surface area (Å²) in [6.45, 7) is 13.2. The van der Waals surface area contributed by atoms with Gasteiger partial charge in [0.25, 0.3) is 0 Å². The molecule has 5 nitrogen and oxygen atoms in total. The second kappa shape index (κ2) is 10.6. The van der Waals surface area contributed by atoms with Crippen molar-refractivity contribution in [3.63, 3.8) is 0 Å². The van der Waals surface area contributed by atoms with Crippen LogP contribution >= 0.6 is 0 Å². The number of hydrogen-bond acceptors (Lipinski definition) is 3. The Morgan fingerprint density at radius 1 is 0.791 bits per heavy atom. The Morgan fingerprint density at radius 2 is 1.60 bits per heavy atom. The molecule has 0 fully saturated rings. The fraction of sp³-hybridized carbons (Fsp3) is 0.263. The van der Waals surface area contributed by atoms with Crippen molar-refractivity contribution in [2.45, 2.75) is 60.3 Å². The van der Waals surface area contributed by atoms with E-state index in [-0.39, 0.29) is 0 Å². The predicted molar refractivity (Wildman–Crippen MR) is 176 cm³/mol. The third kappa shape index (κ3) is 4.73. The molecular weight excluding hydrogens is 528 g/mol. The molecule has 0 radical (unpaired) electrons. The van der Waals surface area contributed by atoms with Gasteiger partial charge in [0.2, 0.25) is 0 Å². The maximum absolute atomic E-state index is 6.58. The minimum absolute atomic E-state index is 0.421. The number of hydrogen-bond donors (Lipinski definition) is 0. The first-order valence-electron chi connectivity index (χ1n) is 15.3. The highest BCUT2D eigenvalue weighted by Gasteiger charge is 2.29. The molecule has 0 unspecified atom stereocenters. The van der Waals surface area contributed by atoms with Gasteiger partial charge in [0, 0.05) is 46.3 Å². The fourth-order valence-electron chi connectivity index (χ4n) is 7.13. The molecule has 1 aliphatic rings. The Balaban J connectivity index is 1.29. The van der Waals surface area contributed by atoms with Crippen molar-refractivity contribution in [2.75, 3.05) is 0 Å². The zero-order valence-electron chi connectivity index (χ0n) is 25.8. The molecule has 3 heterocycles. The highest BCUT2D eigenvalue weighted by molar-refractivity contribution is 6.09. The number of allylic oxidation sites excluding steroid dienone is 2. The summed E-state index contributed by atoms with van der Waals surface area (Å²) in [5.74, 6) is 3.51. The number of rotatable bonds is 5. The van der Waals surface area contributed by atoms with E-state index in [0.717, 1.165) is 45.3 Å². The zero-order chi connectivity index (χ0) is 29.8. The van der Waals surface area contributed by atoms with Crippen LogP contribution in [0, 0.1) is 33.6 Å². The number of para-hydroxylation sites is 1. The Kier molecular flexibility index (Phi) is 6.69. The van der Waals surface area contributed by atoms with Crippen molar-refractivity contribution < 1.29 is 4.74 Å². The first kappa shape index (κ1) is 27.2. The molecule has 0 saturated heterocycles. The van der Waals surface area contributed by atoms with Gasteiger partial charge >= 0.3 is 0 Å². The molecule has 1 aliphatic carbocycles. The van der Waals surface area contributed by atoms with E-state index in [0.29, 0.717) is 11.8 Å². The summed E-state index contributed by atoms with van der Waals surface area (Å²) in [5, 5.41) is 7.43. The first-order chi connectivity index (χ1) is 20.8. The normalized spacial score (nSPS) is 17.0. The summed E-state index contributed by atoms with van der Waals surface area (Å²) in [6.07, 6.45) is 6.67. The van der Waals surface area contributed by atoms with Crippen molar-refractivity contribution >= 4 is 21.8 Å². The summed E-state index contributed by atoms with van der Waals surface area (Å²) in [4.78, 5) is 4.72. The van der Waals surface area contributed by atoms with Crippen LogP contribution in [0.4, 0.5) is 0 Å². The van der Waals surface area contributed by atoms with Crippen LogP contribution in [0.15, 0.2) is 90.6 Å². The van der Waals surface area contributed by atoms with Crippen molar-refractivity contribution in [2.24, 2.45) is 5.92 Å². The van der Waals surface area contributed by atoms with E-state index >= 15 is 0 Å². The summed E-state index contributed by atoms with van der Waals surface area (Å²) in [7, 11) is 0. The highest BCUT2D eigenvalue weighted by Crippen LogP contribution is 2.42. The Bertz CT molecular complexity index is 2040. The smallest absolute Gasteiger partial charge is 0.137 e. The van der Waals surface area contributed by atoms with Crippen LogP contribution in [0.2, 0.25) is 0 Å². The predicted octanol–water partition coefficient (Wildman–Crippen LogP) is 9.85. The number of benzene rings is 3. The maximum Gasteiger partial charge on any atom is 0.137 e. The molecule has 6 aromatic rings. The van der Waals surface area contributed by atoms with E-state index < -0.39 is 0 Å². The molecule has 216 valence electrons. The molecule has 0 spiro atoms. The van der Waals surface area contributed by atoms with Gasteiger partial charge in [-0.2, -0.15) is 5.10 Å². The molecule has 5 heteroatoms. The third-order valence-electron chi connectivity index (χ3n) is 9.10. The number of pyridine rings is 1. The van der Waals surface area contributed by atoms with E-state index in [9.17, 15) is 0 Å². The van der Waals surface area contributed by atoms with Crippen molar-refractivity contribution in [3.05, 3.63) is 119 Å². The van der Waals surface area contributed by atoms with E-state index in [1.807, 2.05) is 12.3 Å². The Hall–Kier alpha value is -4.64. The maximum atomic E-state index is 6.58. The van der Waals surface area contributed by atoms with E-state index in [1.165, 1.54) is 46.0 Å². The van der Waals surface area contributed by atoms with Crippen LogP contribution in [0.1, 0.15) is 60.7 Å². The summed E-state index contributed by atoms with van der Waals surface area (Å²) >= 11 is 0. The van der Waals surface area contributed by atoms with E-state index in [1.54, 1.807) is 0 Å². The summed E-state index contributed by atoms with van der Waals surface area (Å²) < 4.78 is 10.9. The molecule has 0 N–H and O–H groups in total. The lowest BCUT2D eigenvalue weighted by Crippen LogP contribution is -2.16. The monoisotopic (exact) mass is 566 g/mol. The Morgan fingerprint density at radius 3 is 2.42 bits per heavy atom. The van der Waals surface area contributed by atoms with Crippen LogP contribution in [-0.4, -0.2) is 19.3 Å². The molecule has 2 atom stereocenters.